The molecule has 0 spiro atoms. The van der Waals surface area contributed by atoms with Crippen LogP contribution < -0.4 is 11.3 Å². The first-order valence-electron chi connectivity index (χ1n) is 2.48. The van der Waals surface area contributed by atoms with Gasteiger partial charge in [0.25, 0.3) is 0 Å². The van der Waals surface area contributed by atoms with Crippen LogP contribution in [0.15, 0.2) is 0 Å². The summed E-state index contributed by atoms with van der Waals surface area (Å²) in [6.45, 7) is 0. The minimum Gasteiger partial charge on any atom is -0.269 e. The van der Waals surface area contributed by atoms with Gasteiger partial charge in [-0.1, -0.05) is 0 Å². The van der Waals surface area contributed by atoms with E-state index in [4.69, 9.17) is 5.84 Å². The van der Waals surface area contributed by atoms with Crippen LogP contribution in [-0.4, -0.2) is 6.04 Å². The second-order valence-electron chi connectivity index (χ2n) is 1.88. The second-order valence-corrected chi connectivity index (χ2v) is 1.88. The van der Waals surface area contributed by atoms with E-state index in [2.05, 4.69) is 0 Å². The van der Waals surface area contributed by atoms with Crippen LogP contribution in [0.5, 0.6) is 0 Å². The normalized spacial score (nSPS) is 23.5. The minimum absolute atomic E-state index is 0.769. The quantitative estimate of drug-likeness (QED) is 0.312. The molecule has 1 aliphatic rings. The first-order chi connectivity index (χ1) is 2.93. The van der Waals surface area contributed by atoms with E-state index in [0.717, 1.165) is 6.04 Å². The van der Waals surface area contributed by atoms with Crippen LogP contribution in [0.3, 0.4) is 0 Å². The molecule has 0 aromatic carbocycles. The van der Waals surface area contributed by atoms with Crippen molar-refractivity contribution in [2.45, 2.75) is 25.3 Å². The van der Waals surface area contributed by atoms with Crippen LogP contribution >= 0.6 is 0 Å². The third-order valence-corrected chi connectivity index (χ3v) is 1.42. The maximum Gasteiger partial charge on any atom is 0.103 e. The molecule has 6 heavy (non-hydrogen) atoms. The van der Waals surface area contributed by atoms with Crippen molar-refractivity contribution < 1.29 is 5.43 Å². The lowest BCUT2D eigenvalue weighted by Crippen LogP contribution is -2.97. The van der Waals surface area contributed by atoms with Crippen LogP contribution in [0, 0.1) is 0 Å². The van der Waals surface area contributed by atoms with Gasteiger partial charge in [0.05, 0.1) is 0 Å². The van der Waals surface area contributed by atoms with E-state index >= 15 is 0 Å². The van der Waals surface area contributed by atoms with Crippen molar-refractivity contribution in [1.29, 1.82) is 0 Å². The molecule has 0 aromatic heterocycles. The summed E-state index contributed by atoms with van der Waals surface area (Å²) in [5.74, 6) is 5.21. The summed E-state index contributed by atoms with van der Waals surface area (Å²) < 4.78 is 0. The predicted molar refractivity (Wildman–Crippen MR) is 23.8 cm³/mol. The van der Waals surface area contributed by atoms with Gasteiger partial charge in [-0.15, -0.1) is 0 Å². The Morgan fingerprint density at radius 3 is 2.17 bits per heavy atom. The Labute approximate surface area is 37.7 Å². The molecule has 4 N–H and O–H groups in total. The Morgan fingerprint density at radius 1 is 1.50 bits per heavy atom. The Balaban J connectivity index is 2.01. The molecule has 2 nitrogen and oxygen atoms in total. The summed E-state index contributed by atoms with van der Waals surface area (Å²) in [6, 6.07) is 0.769. The van der Waals surface area contributed by atoms with E-state index in [0.29, 0.717) is 0 Å². The molecule has 0 bridgehead atoms. The highest BCUT2D eigenvalue weighted by Crippen LogP contribution is 2.13. The summed E-state index contributed by atoms with van der Waals surface area (Å²) in [5, 5.41) is 0. The van der Waals surface area contributed by atoms with Gasteiger partial charge in [-0.3, -0.25) is 5.43 Å². The van der Waals surface area contributed by atoms with Gasteiger partial charge in [0, 0.05) is 12.8 Å². The number of hydrogen-bond donors (Lipinski definition) is 2. The molecular weight excluding hydrogens is 76.1 g/mol. The Kier molecular flexibility index (Phi) is 1.08. The van der Waals surface area contributed by atoms with E-state index in [1.807, 2.05) is 5.43 Å². The van der Waals surface area contributed by atoms with Crippen LogP contribution in [-0.2, 0) is 0 Å². The van der Waals surface area contributed by atoms with Crippen molar-refractivity contribution in [1.82, 2.24) is 0 Å². The zero-order valence-electron chi connectivity index (χ0n) is 3.85. The fourth-order valence-electron chi connectivity index (χ4n) is 0.632. The Morgan fingerprint density at radius 2 is 2.17 bits per heavy atom. The van der Waals surface area contributed by atoms with E-state index in [-0.39, 0.29) is 0 Å². The number of quaternary nitrogens is 1. The molecule has 0 aliphatic heterocycles. The molecule has 0 saturated heterocycles. The van der Waals surface area contributed by atoms with Gasteiger partial charge >= 0.3 is 0 Å². The average Bonchev–Trinajstić information content (AvgIpc) is 1.31. The molecule has 1 aliphatic carbocycles. The predicted octanol–water partition coefficient (Wildman–Crippen LogP) is -1.02. The average molecular weight is 87.1 g/mol. The Bertz CT molecular complexity index is 38.1. The van der Waals surface area contributed by atoms with Gasteiger partial charge < -0.3 is 0 Å². The van der Waals surface area contributed by atoms with Crippen molar-refractivity contribution in [3.05, 3.63) is 0 Å². The van der Waals surface area contributed by atoms with Crippen LogP contribution in [0.2, 0.25) is 0 Å². The number of hydrogen-bond acceptors (Lipinski definition) is 1. The molecule has 0 radical (unpaired) electrons. The van der Waals surface area contributed by atoms with E-state index in [1.165, 1.54) is 19.3 Å². The lowest BCUT2D eigenvalue weighted by atomic mass is 9.94. The van der Waals surface area contributed by atoms with E-state index < -0.39 is 0 Å². The number of rotatable bonds is 1. The van der Waals surface area contributed by atoms with Crippen molar-refractivity contribution >= 4 is 0 Å². The van der Waals surface area contributed by atoms with Crippen molar-refractivity contribution in [3.63, 3.8) is 0 Å². The molecule has 0 aromatic rings. The van der Waals surface area contributed by atoms with Crippen LogP contribution in [0.25, 0.3) is 0 Å². The molecule has 1 fully saturated rings. The summed E-state index contributed by atoms with van der Waals surface area (Å²) in [6.07, 6.45) is 4.05. The first kappa shape index (κ1) is 4.09. The molecule has 36 valence electrons. The van der Waals surface area contributed by atoms with Gasteiger partial charge in [-0.05, 0) is 6.42 Å². The molecule has 1 saturated carbocycles. The maximum absolute atomic E-state index is 5.21. The van der Waals surface area contributed by atoms with Gasteiger partial charge in [-0.25, -0.2) is 0 Å². The summed E-state index contributed by atoms with van der Waals surface area (Å²) in [7, 11) is 0. The SMILES string of the molecule is N[NH2+]C1CCC1. The first-order valence-corrected chi connectivity index (χ1v) is 2.48. The second kappa shape index (κ2) is 1.58. The van der Waals surface area contributed by atoms with Gasteiger partial charge in [0.2, 0.25) is 0 Å². The third kappa shape index (κ3) is 0.533. The highest BCUT2D eigenvalue weighted by Gasteiger charge is 2.18. The fraction of sp³-hybridized carbons (Fsp3) is 1.00. The van der Waals surface area contributed by atoms with Crippen molar-refractivity contribution in [2.75, 3.05) is 0 Å². The lowest BCUT2D eigenvalue weighted by Gasteiger charge is -2.19. The summed E-state index contributed by atoms with van der Waals surface area (Å²) in [5.41, 5.74) is 1.81. The summed E-state index contributed by atoms with van der Waals surface area (Å²) in [4.78, 5) is 0. The smallest absolute Gasteiger partial charge is 0.103 e. The maximum atomic E-state index is 5.21. The molecule has 0 atom stereocenters. The molecule has 0 amide bonds. The van der Waals surface area contributed by atoms with Gasteiger partial charge in [0.15, 0.2) is 0 Å². The van der Waals surface area contributed by atoms with Crippen molar-refractivity contribution in [3.8, 4) is 0 Å². The van der Waals surface area contributed by atoms with E-state index in [1.54, 1.807) is 0 Å². The van der Waals surface area contributed by atoms with Gasteiger partial charge in [0.1, 0.15) is 6.04 Å². The van der Waals surface area contributed by atoms with Gasteiger partial charge in [-0.2, -0.15) is 5.84 Å². The molecule has 0 heterocycles. The number of nitrogens with two attached hydrogens (primary N) is 2. The fourth-order valence-corrected chi connectivity index (χ4v) is 0.632. The molecule has 1 rings (SSSR count). The topological polar surface area (TPSA) is 42.6 Å². The lowest BCUT2D eigenvalue weighted by molar-refractivity contribution is -0.710. The molecular formula is C4H11N2+. The highest BCUT2D eigenvalue weighted by atomic mass is 15.2. The van der Waals surface area contributed by atoms with Crippen LogP contribution in [0.1, 0.15) is 19.3 Å². The highest BCUT2D eigenvalue weighted by molar-refractivity contribution is 4.64. The zero-order valence-corrected chi connectivity index (χ0v) is 3.85. The largest absolute Gasteiger partial charge is 0.269 e. The Hall–Kier alpha value is -0.0800. The van der Waals surface area contributed by atoms with Crippen molar-refractivity contribution in [2.24, 2.45) is 5.84 Å². The monoisotopic (exact) mass is 87.1 g/mol. The third-order valence-electron chi connectivity index (χ3n) is 1.42. The van der Waals surface area contributed by atoms with Crippen LogP contribution in [0.4, 0.5) is 0 Å². The standard InChI is InChI=1S/C4H10N2/c5-6-4-2-1-3-4/h4,6H,1-3,5H2/p+1. The minimum atomic E-state index is 0.769. The zero-order chi connectivity index (χ0) is 4.41. The molecule has 2 heteroatoms. The van der Waals surface area contributed by atoms with E-state index in [9.17, 15) is 0 Å². The molecule has 0 unspecified atom stereocenters. The summed E-state index contributed by atoms with van der Waals surface area (Å²) >= 11 is 0.